The van der Waals surface area contributed by atoms with E-state index in [9.17, 15) is 0 Å². The van der Waals surface area contributed by atoms with Crippen LogP contribution in [0.3, 0.4) is 0 Å². The summed E-state index contributed by atoms with van der Waals surface area (Å²) >= 11 is 1.59. The maximum atomic E-state index is 5.67. The van der Waals surface area contributed by atoms with E-state index in [4.69, 9.17) is 5.73 Å². The highest BCUT2D eigenvalue weighted by Crippen LogP contribution is 2.17. The van der Waals surface area contributed by atoms with Crippen molar-refractivity contribution in [3.63, 3.8) is 0 Å². The normalized spacial score (nSPS) is 16.6. The predicted molar refractivity (Wildman–Crippen MR) is 88.6 cm³/mol. The largest absolute Gasteiger partial charge is 0.375 e. The Hall–Kier alpha value is -1.21. The topological polar surface area (TPSA) is 58.3 Å². The minimum Gasteiger partial charge on any atom is -0.375 e. The average Bonchev–Trinajstić information content (AvgIpc) is 2.88. The van der Waals surface area contributed by atoms with Gasteiger partial charge in [-0.3, -0.25) is 14.8 Å². The van der Waals surface area contributed by atoms with Crippen LogP contribution in [0.25, 0.3) is 0 Å². The number of nitrogen functional groups attached to an aromatic ring is 1. The maximum Gasteiger partial charge on any atom is 0.180 e. The summed E-state index contributed by atoms with van der Waals surface area (Å²) < 4.78 is 0. The van der Waals surface area contributed by atoms with Crippen molar-refractivity contribution in [1.82, 2.24) is 19.8 Å². The molecule has 0 aliphatic carbocycles. The summed E-state index contributed by atoms with van der Waals surface area (Å²) in [5, 5.41) is 0.661. The van der Waals surface area contributed by atoms with Gasteiger partial charge in [0.1, 0.15) is 0 Å². The minimum absolute atomic E-state index is 0. The molecule has 21 heavy (non-hydrogen) atoms. The number of nitrogens with two attached hydrogens (primary N) is 1. The summed E-state index contributed by atoms with van der Waals surface area (Å²) in [5.41, 5.74) is 6.81. The van der Waals surface area contributed by atoms with E-state index < -0.39 is 0 Å². The van der Waals surface area contributed by atoms with Crippen LogP contribution in [0.1, 0.15) is 10.6 Å². The number of thiazole rings is 1. The zero-order valence-corrected chi connectivity index (χ0v) is 13.4. The second-order valence-corrected chi connectivity index (χ2v) is 6.18. The number of pyridine rings is 1. The van der Waals surface area contributed by atoms with Crippen LogP contribution in [-0.4, -0.2) is 45.9 Å². The third-order valence-electron chi connectivity index (χ3n) is 3.53. The van der Waals surface area contributed by atoms with Crippen molar-refractivity contribution >= 4 is 28.9 Å². The first-order valence-corrected chi connectivity index (χ1v) is 7.66. The molecule has 3 heterocycles. The van der Waals surface area contributed by atoms with E-state index in [2.05, 4.69) is 25.8 Å². The second-order valence-electron chi connectivity index (χ2n) is 5.04. The van der Waals surface area contributed by atoms with Crippen LogP contribution < -0.4 is 5.73 Å². The molecule has 5 nitrogen and oxygen atoms in total. The van der Waals surface area contributed by atoms with Crippen molar-refractivity contribution in [2.75, 3.05) is 31.9 Å². The summed E-state index contributed by atoms with van der Waals surface area (Å²) in [5.74, 6) is 0. The highest BCUT2D eigenvalue weighted by Gasteiger charge is 2.17. The number of halogens is 1. The van der Waals surface area contributed by atoms with Crippen molar-refractivity contribution in [1.29, 1.82) is 0 Å². The van der Waals surface area contributed by atoms with E-state index in [0.717, 1.165) is 45.0 Å². The second kappa shape index (κ2) is 7.70. The number of hydrogen-bond donors (Lipinski definition) is 1. The Bertz CT molecular complexity index is 539. The molecule has 0 amide bonds. The van der Waals surface area contributed by atoms with Gasteiger partial charge < -0.3 is 5.73 Å². The molecular formula is C14H20ClN5S. The number of hydrogen-bond acceptors (Lipinski definition) is 6. The number of piperazine rings is 1. The predicted octanol–water partition coefficient (Wildman–Crippen LogP) is 1.86. The molecule has 2 aromatic rings. The van der Waals surface area contributed by atoms with Crippen LogP contribution in [0, 0.1) is 0 Å². The van der Waals surface area contributed by atoms with E-state index >= 15 is 0 Å². The Morgan fingerprint density at radius 1 is 1.05 bits per heavy atom. The third kappa shape index (κ3) is 4.64. The molecule has 0 bridgehead atoms. The molecule has 1 fully saturated rings. The number of rotatable bonds is 4. The monoisotopic (exact) mass is 325 g/mol. The molecule has 0 atom stereocenters. The van der Waals surface area contributed by atoms with E-state index in [0.29, 0.717) is 5.13 Å². The van der Waals surface area contributed by atoms with E-state index in [1.54, 1.807) is 11.3 Å². The average molecular weight is 326 g/mol. The van der Waals surface area contributed by atoms with Gasteiger partial charge in [-0.1, -0.05) is 6.07 Å². The molecule has 0 spiro atoms. The number of aromatic nitrogens is 2. The quantitative estimate of drug-likeness (QED) is 0.930. The van der Waals surface area contributed by atoms with Crippen LogP contribution in [0.15, 0.2) is 30.6 Å². The van der Waals surface area contributed by atoms with E-state index in [1.807, 2.05) is 24.5 Å². The lowest BCUT2D eigenvalue weighted by Crippen LogP contribution is -2.45. The number of anilines is 1. The molecule has 3 rings (SSSR count). The molecule has 0 saturated carbocycles. The lowest BCUT2D eigenvalue weighted by atomic mass is 10.2. The standard InChI is InChI=1S/C14H19N5S.ClH/c15-14-17-9-13(20-14)11-19-7-5-18(6-8-19)10-12-3-1-2-4-16-12;/h1-4,9H,5-8,10-11H2,(H2,15,17);1H. The van der Waals surface area contributed by atoms with Gasteiger partial charge in [-0.05, 0) is 12.1 Å². The fourth-order valence-corrected chi connectivity index (χ4v) is 3.17. The van der Waals surface area contributed by atoms with Crippen molar-refractivity contribution in [2.24, 2.45) is 0 Å². The summed E-state index contributed by atoms with van der Waals surface area (Å²) in [7, 11) is 0. The maximum absolute atomic E-state index is 5.67. The molecule has 7 heteroatoms. The van der Waals surface area contributed by atoms with Gasteiger partial charge in [0, 0.05) is 56.5 Å². The van der Waals surface area contributed by atoms with Crippen LogP contribution in [-0.2, 0) is 13.1 Å². The summed E-state index contributed by atoms with van der Waals surface area (Å²) in [6.45, 7) is 6.26. The Morgan fingerprint density at radius 2 is 1.76 bits per heavy atom. The molecule has 1 saturated heterocycles. The summed E-state index contributed by atoms with van der Waals surface area (Å²) in [6, 6.07) is 6.10. The molecular weight excluding hydrogens is 306 g/mol. The van der Waals surface area contributed by atoms with Crippen LogP contribution in [0.5, 0.6) is 0 Å². The van der Waals surface area contributed by atoms with Gasteiger partial charge in [0.2, 0.25) is 0 Å². The Morgan fingerprint density at radius 3 is 2.33 bits per heavy atom. The van der Waals surface area contributed by atoms with Crippen molar-refractivity contribution in [3.8, 4) is 0 Å². The first-order valence-electron chi connectivity index (χ1n) is 6.84. The van der Waals surface area contributed by atoms with Gasteiger partial charge in [0.25, 0.3) is 0 Å². The molecule has 0 aromatic carbocycles. The van der Waals surface area contributed by atoms with Gasteiger partial charge >= 0.3 is 0 Å². The van der Waals surface area contributed by atoms with Crippen molar-refractivity contribution in [3.05, 3.63) is 41.2 Å². The van der Waals surface area contributed by atoms with Gasteiger partial charge in [-0.25, -0.2) is 4.98 Å². The summed E-state index contributed by atoms with van der Waals surface area (Å²) in [4.78, 5) is 14.7. The molecule has 0 unspecified atom stereocenters. The van der Waals surface area contributed by atoms with Crippen LogP contribution in [0.4, 0.5) is 5.13 Å². The van der Waals surface area contributed by atoms with Crippen LogP contribution in [0.2, 0.25) is 0 Å². The Kier molecular flexibility index (Phi) is 5.93. The fourth-order valence-electron chi connectivity index (χ4n) is 2.44. The highest BCUT2D eigenvalue weighted by atomic mass is 35.5. The summed E-state index contributed by atoms with van der Waals surface area (Å²) in [6.07, 6.45) is 3.75. The van der Waals surface area contributed by atoms with E-state index in [-0.39, 0.29) is 12.4 Å². The zero-order chi connectivity index (χ0) is 13.8. The van der Waals surface area contributed by atoms with Gasteiger partial charge in [0.15, 0.2) is 5.13 Å². The Labute approximate surface area is 135 Å². The van der Waals surface area contributed by atoms with Gasteiger partial charge in [-0.2, -0.15) is 0 Å². The van der Waals surface area contributed by atoms with Crippen LogP contribution >= 0.6 is 23.7 Å². The lowest BCUT2D eigenvalue weighted by molar-refractivity contribution is 0.122. The van der Waals surface area contributed by atoms with E-state index in [1.165, 1.54) is 4.88 Å². The molecule has 0 radical (unpaired) electrons. The Balaban J connectivity index is 0.00000161. The molecule has 2 aromatic heterocycles. The zero-order valence-electron chi connectivity index (χ0n) is 11.8. The minimum atomic E-state index is 0. The lowest BCUT2D eigenvalue weighted by Gasteiger charge is -2.34. The smallest absolute Gasteiger partial charge is 0.180 e. The highest BCUT2D eigenvalue weighted by molar-refractivity contribution is 7.15. The third-order valence-corrected chi connectivity index (χ3v) is 4.34. The fraction of sp³-hybridized carbons (Fsp3) is 0.429. The molecule has 2 N–H and O–H groups in total. The van der Waals surface area contributed by atoms with Gasteiger partial charge in [-0.15, -0.1) is 23.7 Å². The van der Waals surface area contributed by atoms with Crippen molar-refractivity contribution in [2.45, 2.75) is 13.1 Å². The molecule has 114 valence electrons. The number of nitrogens with zero attached hydrogens (tertiary/aromatic N) is 4. The van der Waals surface area contributed by atoms with Crippen molar-refractivity contribution < 1.29 is 0 Å². The van der Waals surface area contributed by atoms with Gasteiger partial charge in [0.05, 0.1) is 5.69 Å². The molecule has 1 aliphatic rings. The molecule has 1 aliphatic heterocycles. The SMILES string of the molecule is Cl.Nc1ncc(CN2CCN(Cc3ccccn3)CC2)s1. The first kappa shape index (κ1) is 16.2. The first-order chi connectivity index (χ1) is 9.79.